The molecule has 1 aromatic rings. The second kappa shape index (κ2) is 8.71. The highest BCUT2D eigenvalue weighted by Gasteiger charge is 2.30. The predicted molar refractivity (Wildman–Crippen MR) is 99.3 cm³/mol. The number of methoxy groups -OCH3 is 1. The van der Waals surface area contributed by atoms with Crippen molar-refractivity contribution in [3.05, 3.63) is 23.8 Å². The zero-order valence-electron chi connectivity index (χ0n) is 15.7. The number of carbonyl (C=O) groups is 2. The van der Waals surface area contributed by atoms with Crippen molar-refractivity contribution in [3.8, 4) is 5.75 Å². The number of rotatable bonds is 10. The van der Waals surface area contributed by atoms with E-state index in [1.165, 1.54) is 25.3 Å². The fourth-order valence-corrected chi connectivity index (χ4v) is 4.17. The van der Waals surface area contributed by atoms with Crippen molar-refractivity contribution in [1.82, 2.24) is 10.0 Å². The highest BCUT2D eigenvalue weighted by molar-refractivity contribution is 7.89. The Balaban J connectivity index is 2.16. The van der Waals surface area contributed by atoms with E-state index in [0.717, 1.165) is 12.8 Å². The number of hydrogen-bond donors (Lipinski definition) is 3. The summed E-state index contributed by atoms with van der Waals surface area (Å²) >= 11 is 0. The van der Waals surface area contributed by atoms with Crippen LogP contribution in [0.25, 0.3) is 0 Å². The molecule has 9 heteroatoms. The monoisotopic (exact) mass is 398 g/mol. The molecule has 150 valence electrons. The number of carboxylic acids is 1. The van der Waals surface area contributed by atoms with Crippen LogP contribution in [0.5, 0.6) is 5.75 Å². The predicted octanol–water partition coefficient (Wildman–Crippen LogP) is 1.61. The lowest BCUT2D eigenvalue weighted by atomic mass is 9.97. The molecule has 1 atom stereocenters. The second-order valence-corrected chi connectivity index (χ2v) is 8.82. The van der Waals surface area contributed by atoms with Gasteiger partial charge in [-0.15, -0.1) is 0 Å². The van der Waals surface area contributed by atoms with Crippen LogP contribution in [0.3, 0.4) is 0 Å². The summed E-state index contributed by atoms with van der Waals surface area (Å²) in [5.74, 6) is -1.89. The summed E-state index contributed by atoms with van der Waals surface area (Å²) in [5, 5.41) is 11.8. The van der Waals surface area contributed by atoms with Crippen LogP contribution in [-0.4, -0.2) is 45.1 Å². The van der Waals surface area contributed by atoms with Crippen LogP contribution in [0.15, 0.2) is 23.1 Å². The quantitative estimate of drug-likeness (QED) is 0.550. The van der Waals surface area contributed by atoms with Gasteiger partial charge in [0.2, 0.25) is 10.0 Å². The molecule has 0 spiro atoms. The Morgan fingerprint density at radius 3 is 2.48 bits per heavy atom. The number of benzene rings is 1. The maximum absolute atomic E-state index is 12.5. The van der Waals surface area contributed by atoms with Gasteiger partial charge >= 0.3 is 5.97 Å². The summed E-state index contributed by atoms with van der Waals surface area (Å²) < 4.78 is 32.7. The highest BCUT2D eigenvalue weighted by Crippen LogP contribution is 2.28. The molecule has 8 nitrogen and oxygen atoms in total. The SMILES string of the molecule is COc1ccc(C(=O)NCC(CC(C)C)C(=O)O)cc1S(=O)(=O)NC1CC1. The number of hydrogen-bond acceptors (Lipinski definition) is 5. The number of carboxylic acid groups (broad SMARTS) is 1. The fraction of sp³-hybridized carbons (Fsp3) is 0.556. The molecule has 1 unspecified atom stereocenters. The number of ether oxygens (including phenoxy) is 1. The number of aliphatic carboxylic acids is 1. The molecular formula is C18H26N2O6S. The largest absolute Gasteiger partial charge is 0.495 e. The molecule has 0 radical (unpaired) electrons. The Labute approximate surface area is 159 Å². The van der Waals surface area contributed by atoms with Gasteiger partial charge in [-0.25, -0.2) is 13.1 Å². The maximum atomic E-state index is 12.5. The van der Waals surface area contributed by atoms with Gasteiger partial charge in [0.15, 0.2) is 0 Å². The van der Waals surface area contributed by atoms with E-state index in [1.807, 2.05) is 13.8 Å². The Hall–Kier alpha value is -2.13. The molecule has 1 aliphatic carbocycles. The first-order valence-electron chi connectivity index (χ1n) is 8.85. The molecule has 27 heavy (non-hydrogen) atoms. The van der Waals surface area contributed by atoms with E-state index in [2.05, 4.69) is 10.0 Å². The number of sulfonamides is 1. The van der Waals surface area contributed by atoms with Crippen molar-refractivity contribution in [1.29, 1.82) is 0 Å². The molecule has 1 amide bonds. The van der Waals surface area contributed by atoms with Crippen LogP contribution >= 0.6 is 0 Å². The van der Waals surface area contributed by atoms with E-state index in [9.17, 15) is 23.1 Å². The van der Waals surface area contributed by atoms with Crippen molar-refractivity contribution >= 4 is 21.9 Å². The van der Waals surface area contributed by atoms with Crippen LogP contribution in [0.1, 0.15) is 43.5 Å². The molecule has 0 heterocycles. The third-order valence-electron chi connectivity index (χ3n) is 4.23. The van der Waals surface area contributed by atoms with Crippen molar-refractivity contribution in [3.63, 3.8) is 0 Å². The van der Waals surface area contributed by atoms with Crippen LogP contribution in [0.2, 0.25) is 0 Å². The number of nitrogens with one attached hydrogen (secondary N) is 2. The van der Waals surface area contributed by atoms with Crippen LogP contribution in [0, 0.1) is 11.8 Å². The topological polar surface area (TPSA) is 122 Å². The van der Waals surface area contributed by atoms with Crippen molar-refractivity contribution in [2.75, 3.05) is 13.7 Å². The summed E-state index contributed by atoms with van der Waals surface area (Å²) in [7, 11) is -2.45. The van der Waals surface area contributed by atoms with Gasteiger partial charge in [-0.2, -0.15) is 0 Å². The molecular weight excluding hydrogens is 372 g/mol. The molecule has 0 aromatic heterocycles. The number of carbonyl (C=O) groups excluding carboxylic acids is 1. The summed E-state index contributed by atoms with van der Waals surface area (Å²) in [5.41, 5.74) is 0.126. The van der Waals surface area contributed by atoms with Gasteiger partial charge in [-0.3, -0.25) is 9.59 Å². The van der Waals surface area contributed by atoms with Crippen molar-refractivity contribution in [2.45, 2.75) is 44.0 Å². The van der Waals surface area contributed by atoms with Crippen LogP contribution < -0.4 is 14.8 Å². The maximum Gasteiger partial charge on any atom is 0.308 e. The lowest BCUT2D eigenvalue weighted by Gasteiger charge is -2.16. The van der Waals surface area contributed by atoms with Gasteiger partial charge in [0.25, 0.3) is 5.91 Å². The van der Waals surface area contributed by atoms with Crippen molar-refractivity contribution in [2.24, 2.45) is 11.8 Å². The molecule has 1 aliphatic rings. The zero-order chi connectivity index (χ0) is 20.2. The van der Waals surface area contributed by atoms with E-state index in [1.54, 1.807) is 0 Å². The summed E-state index contributed by atoms with van der Waals surface area (Å²) in [6, 6.07) is 4.03. The summed E-state index contributed by atoms with van der Waals surface area (Å²) in [6.45, 7) is 3.79. The third kappa shape index (κ3) is 5.93. The van der Waals surface area contributed by atoms with E-state index >= 15 is 0 Å². The first kappa shape index (κ1) is 21.2. The lowest BCUT2D eigenvalue weighted by Crippen LogP contribution is -2.34. The van der Waals surface area contributed by atoms with Gasteiger partial charge in [0.05, 0.1) is 13.0 Å². The zero-order valence-corrected chi connectivity index (χ0v) is 16.5. The van der Waals surface area contributed by atoms with Gasteiger partial charge in [-0.05, 0) is 43.4 Å². The minimum Gasteiger partial charge on any atom is -0.495 e. The lowest BCUT2D eigenvalue weighted by molar-refractivity contribution is -0.142. The van der Waals surface area contributed by atoms with Crippen LogP contribution in [-0.2, 0) is 14.8 Å². The minimum atomic E-state index is -3.81. The second-order valence-electron chi connectivity index (χ2n) is 7.14. The van der Waals surface area contributed by atoms with Gasteiger partial charge in [0.1, 0.15) is 10.6 Å². The standard InChI is InChI=1S/C18H26N2O6S/c1-11(2)8-13(18(22)23)10-19-17(21)12-4-7-15(26-3)16(9-12)27(24,25)20-14-5-6-14/h4,7,9,11,13-14,20H,5-6,8,10H2,1-3H3,(H,19,21)(H,22,23). The van der Waals surface area contributed by atoms with Gasteiger partial charge in [-0.1, -0.05) is 13.8 Å². The summed E-state index contributed by atoms with van der Waals surface area (Å²) in [6.07, 6.45) is 2.01. The average molecular weight is 398 g/mol. The molecule has 0 bridgehead atoms. The third-order valence-corrected chi connectivity index (χ3v) is 5.77. The van der Waals surface area contributed by atoms with E-state index < -0.39 is 27.8 Å². The molecule has 1 saturated carbocycles. The normalized spacial score (nSPS) is 15.4. The van der Waals surface area contributed by atoms with Gasteiger partial charge in [0, 0.05) is 18.2 Å². The molecule has 0 saturated heterocycles. The molecule has 3 N–H and O–H groups in total. The van der Waals surface area contributed by atoms with E-state index in [0.29, 0.717) is 6.42 Å². The van der Waals surface area contributed by atoms with Gasteiger partial charge < -0.3 is 15.2 Å². The Morgan fingerprint density at radius 2 is 1.96 bits per heavy atom. The van der Waals surface area contributed by atoms with Crippen molar-refractivity contribution < 1.29 is 27.9 Å². The Bertz CT molecular complexity index is 802. The average Bonchev–Trinajstić information content (AvgIpc) is 3.40. The molecule has 0 aliphatic heterocycles. The number of amides is 1. The minimum absolute atomic E-state index is 0.0270. The Morgan fingerprint density at radius 1 is 1.30 bits per heavy atom. The smallest absolute Gasteiger partial charge is 0.308 e. The molecule has 1 fully saturated rings. The summed E-state index contributed by atoms with van der Waals surface area (Å²) in [4.78, 5) is 23.6. The molecule has 1 aromatic carbocycles. The fourth-order valence-electron chi connectivity index (χ4n) is 2.67. The Kier molecular flexibility index (Phi) is 6.83. The highest BCUT2D eigenvalue weighted by atomic mass is 32.2. The first-order valence-corrected chi connectivity index (χ1v) is 10.3. The van der Waals surface area contributed by atoms with E-state index in [4.69, 9.17) is 4.74 Å². The van der Waals surface area contributed by atoms with Crippen LogP contribution in [0.4, 0.5) is 0 Å². The van der Waals surface area contributed by atoms with E-state index in [-0.39, 0.29) is 34.7 Å². The first-order chi connectivity index (χ1) is 12.6. The molecule has 2 rings (SSSR count).